The molecule has 0 atom stereocenters. The Morgan fingerprint density at radius 3 is 1.60 bits per heavy atom. The van der Waals surface area contributed by atoms with E-state index in [1.165, 1.54) is 0 Å². The molecule has 1 radical (unpaired) electrons. The van der Waals surface area contributed by atoms with E-state index >= 15 is 0 Å². The summed E-state index contributed by atoms with van der Waals surface area (Å²) in [5.74, 6) is -1.19. The monoisotopic (exact) mass is 214 g/mol. The predicted octanol–water partition coefficient (Wildman–Crippen LogP) is 2.39. The summed E-state index contributed by atoms with van der Waals surface area (Å²) in [5, 5.41) is 8.39. The van der Waals surface area contributed by atoms with Gasteiger partial charge in [-0.15, -0.1) is 0 Å². The topological polar surface area (TPSA) is 78.2 Å². The molecule has 15 heavy (non-hydrogen) atoms. The van der Waals surface area contributed by atoms with Crippen molar-refractivity contribution < 1.29 is 14.7 Å². The molecule has 4 nitrogen and oxygen atoms in total. The third kappa shape index (κ3) is 12.9. The number of carboxylic acid groups (broad SMARTS) is 1. The minimum atomic E-state index is -0.719. The van der Waals surface area contributed by atoms with Crippen LogP contribution in [0.4, 0.5) is 0 Å². The Morgan fingerprint density at radius 2 is 1.20 bits per heavy atom. The molecule has 0 aromatic heterocycles. The van der Waals surface area contributed by atoms with E-state index in [0.717, 1.165) is 44.9 Å². The largest absolute Gasteiger partial charge is 0.481 e. The van der Waals surface area contributed by atoms with Gasteiger partial charge in [-0.2, -0.15) is 0 Å². The van der Waals surface area contributed by atoms with Gasteiger partial charge in [0.15, 0.2) is 0 Å². The molecule has 0 saturated carbocycles. The molecular formula is C11H20NO3. The number of rotatable bonds is 10. The van der Waals surface area contributed by atoms with Crippen molar-refractivity contribution in [1.29, 1.82) is 0 Å². The molecule has 0 aromatic carbocycles. The standard InChI is InChI=1S/C11H20NO3/c12-10(13)8-6-4-2-1-3-5-7-9-11(14)15/h12H,1-9H2,(H,14,15). The van der Waals surface area contributed by atoms with Gasteiger partial charge < -0.3 is 5.11 Å². The highest BCUT2D eigenvalue weighted by Gasteiger charge is 1.97. The molecule has 87 valence electrons. The van der Waals surface area contributed by atoms with Gasteiger partial charge in [0.1, 0.15) is 0 Å². The summed E-state index contributed by atoms with van der Waals surface area (Å²) >= 11 is 0. The Labute approximate surface area is 90.8 Å². The van der Waals surface area contributed by atoms with Crippen molar-refractivity contribution in [3.8, 4) is 0 Å². The molecule has 0 saturated heterocycles. The zero-order valence-electron chi connectivity index (χ0n) is 9.13. The van der Waals surface area contributed by atoms with Crippen LogP contribution in [0.5, 0.6) is 0 Å². The molecule has 0 unspecified atom stereocenters. The Kier molecular flexibility index (Phi) is 8.82. The molecule has 0 rings (SSSR count). The number of carbonyl (C=O) groups is 2. The number of carboxylic acids is 1. The van der Waals surface area contributed by atoms with E-state index in [4.69, 9.17) is 10.8 Å². The highest BCUT2D eigenvalue weighted by Crippen LogP contribution is 2.09. The number of carbonyl (C=O) groups excluding carboxylic acids is 1. The van der Waals surface area contributed by atoms with Gasteiger partial charge in [0, 0.05) is 12.8 Å². The van der Waals surface area contributed by atoms with Crippen LogP contribution in [-0.4, -0.2) is 17.0 Å². The number of unbranched alkanes of at least 4 members (excludes halogenated alkanes) is 6. The maximum absolute atomic E-state index is 10.3. The molecule has 0 aromatic rings. The molecule has 0 bridgehead atoms. The van der Waals surface area contributed by atoms with Crippen LogP contribution in [-0.2, 0) is 9.59 Å². The van der Waals surface area contributed by atoms with Crippen LogP contribution in [0.15, 0.2) is 0 Å². The van der Waals surface area contributed by atoms with E-state index in [1.54, 1.807) is 0 Å². The van der Waals surface area contributed by atoms with Gasteiger partial charge in [-0.05, 0) is 12.8 Å². The van der Waals surface area contributed by atoms with Crippen LogP contribution in [0.1, 0.15) is 57.8 Å². The van der Waals surface area contributed by atoms with Gasteiger partial charge in [0.05, 0.1) is 0 Å². The normalized spacial score (nSPS) is 10.1. The minimum absolute atomic E-state index is 0.271. The van der Waals surface area contributed by atoms with Gasteiger partial charge in [-0.3, -0.25) is 15.3 Å². The second-order valence-corrected chi connectivity index (χ2v) is 3.79. The van der Waals surface area contributed by atoms with Crippen LogP contribution in [0.25, 0.3) is 0 Å². The highest BCUT2D eigenvalue weighted by atomic mass is 16.4. The van der Waals surface area contributed by atoms with E-state index in [0.29, 0.717) is 6.42 Å². The fourth-order valence-corrected chi connectivity index (χ4v) is 1.45. The van der Waals surface area contributed by atoms with E-state index in [1.807, 2.05) is 0 Å². The Bertz CT molecular complexity index is 172. The first-order valence-corrected chi connectivity index (χ1v) is 5.59. The van der Waals surface area contributed by atoms with Crippen LogP contribution >= 0.6 is 0 Å². The van der Waals surface area contributed by atoms with Gasteiger partial charge >= 0.3 is 5.97 Å². The maximum atomic E-state index is 10.3. The maximum Gasteiger partial charge on any atom is 0.303 e. The van der Waals surface area contributed by atoms with E-state index in [2.05, 4.69) is 0 Å². The zero-order valence-corrected chi connectivity index (χ0v) is 9.13. The van der Waals surface area contributed by atoms with E-state index in [-0.39, 0.29) is 6.42 Å². The summed E-state index contributed by atoms with van der Waals surface area (Å²) < 4.78 is 0. The molecule has 0 heterocycles. The summed E-state index contributed by atoms with van der Waals surface area (Å²) in [5.41, 5.74) is 6.69. The number of aliphatic carboxylic acids is 1. The Morgan fingerprint density at radius 1 is 0.800 bits per heavy atom. The third-order valence-corrected chi connectivity index (χ3v) is 2.29. The number of nitrogens with one attached hydrogen (secondary N) is 1. The first-order valence-electron chi connectivity index (χ1n) is 5.59. The van der Waals surface area contributed by atoms with E-state index in [9.17, 15) is 9.59 Å². The average molecular weight is 214 g/mol. The average Bonchev–Trinajstić information content (AvgIpc) is 2.14. The molecule has 0 aliphatic heterocycles. The SMILES string of the molecule is [NH]C(=O)CCCCCCCCCC(=O)O. The van der Waals surface area contributed by atoms with Gasteiger partial charge in [-0.1, -0.05) is 32.1 Å². The zero-order chi connectivity index (χ0) is 11.5. The van der Waals surface area contributed by atoms with Crippen LogP contribution in [0.3, 0.4) is 0 Å². The van der Waals surface area contributed by atoms with Crippen molar-refractivity contribution in [3.63, 3.8) is 0 Å². The molecule has 0 spiro atoms. The molecule has 1 amide bonds. The van der Waals surface area contributed by atoms with Gasteiger partial charge in [0.2, 0.25) is 5.91 Å². The van der Waals surface area contributed by atoms with Crippen molar-refractivity contribution in [3.05, 3.63) is 0 Å². The molecule has 2 N–H and O–H groups in total. The molecular weight excluding hydrogens is 194 g/mol. The van der Waals surface area contributed by atoms with Crippen molar-refractivity contribution in [1.82, 2.24) is 5.73 Å². The highest BCUT2D eigenvalue weighted by molar-refractivity contribution is 5.72. The molecule has 4 heteroatoms. The molecule has 0 aliphatic rings. The second kappa shape index (κ2) is 9.49. The third-order valence-electron chi connectivity index (χ3n) is 2.29. The second-order valence-electron chi connectivity index (χ2n) is 3.79. The first kappa shape index (κ1) is 13.9. The summed E-state index contributed by atoms with van der Waals surface area (Å²) in [6, 6.07) is 0. The molecule has 0 aliphatic carbocycles. The lowest BCUT2D eigenvalue weighted by atomic mass is 10.1. The quantitative estimate of drug-likeness (QED) is 0.567. The summed E-state index contributed by atoms with van der Waals surface area (Å²) in [6.45, 7) is 0. The van der Waals surface area contributed by atoms with Crippen LogP contribution < -0.4 is 5.73 Å². The summed E-state index contributed by atoms with van der Waals surface area (Å²) in [4.78, 5) is 20.5. The van der Waals surface area contributed by atoms with Crippen molar-refractivity contribution in [2.45, 2.75) is 57.8 Å². The first-order chi connectivity index (χ1) is 7.13. The van der Waals surface area contributed by atoms with Crippen molar-refractivity contribution in [2.75, 3.05) is 0 Å². The number of amides is 1. The summed E-state index contributed by atoms with van der Waals surface area (Å²) in [6.07, 6.45) is 7.46. The Balaban J connectivity index is 2.99. The van der Waals surface area contributed by atoms with Crippen molar-refractivity contribution >= 4 is 11.9 Å². The summed E-state index contributed by atoms with van der Waals surface area (Å²) in [7, 11) is 0. The number of hydrogen-bond acceptors (Lipinski definition) is 2. The van der Waals surface area contributed by atoms with E-state index < -0.39 is 11.9 Å². The van der Waals surface area contributed by atoms with Crippen molar-refractivity contribution in [2.24, 2.45) is 0 Å². The lowest BCUT2D eigenvalue weighted by molar-refractivity contribution is -0.137. The predicted molar refractivity (Wildman–Crippen MR) is 57.3 cm³/mol. The van der Waals surface area contributed by atoms with Gasteiger partial charge in [0.25, 0.3) is 0 Å². The van der Waals surface area contributed by atoms with Crippen LogP contribution in [0, 0.1) is 0 Å². The van der Waals surface area contributed by atoms with Crippen LogP contribution in [0.2, 0.25) is 0 Å². The molecule has 0 fully saturated rings. The number of hydrogen-bond donors (Lipinski definition) is 1. The van der Waals surface area contributed by atoms with Gasteiger partial charge in [-0.25, -0.2) is 0 Å². The fraction of sp³-hybridized carbons (Fsp3) is 0.818. The smallest absolute Gasteiger partial charge is 0.303 e. The lowest BCUT2D eigenvalue weighted by Crippen LogP contribution is -1.96. The minimum Gasteiger partial charge on any atom is -0.481 e. The Hall–Kier alpha value is -1.06. The lowest BCUT2D eigenvalue weighted by Gasteiger charge is -1.99. The fourth-order valence-electron chi connectivity index (χ4n) is 1.45.